The van der Waals surface area contributed by atoms with E-state index in [1.54, 1.807) is 29.2 Å². The molecule has 0 unspecified atom stereocenters. The molecule has 0 aliphatic carbocycles. The first kappa shape index (κ1) is 12.8. The third kappa shape index (κ3) is 2.99. The fourth-order valence-electron chi connectivity index (χ4n) is 1.53. The predicted molar refractivity (Wildman–Crippen MR) is 70.5 cm³/mol. The average molecular weight is 265 g/mol. The van der Waals surface area contributed by atoms with Crippen molar-refractivity contribution in [1.82, 2.24) is 19.5 Å². The van der Waals surface area contributed by atoms with Gasteiger partial charge < -0.3 is 15.0 Å². The summed E-state index contributed by atoms with van der Waals surface area (Å²) in [5, 5.41) is 13.8. The summed E-state index contributed by atoms with van der Waals surface area (Å²) in [6.07, 6.45) is 6.40. The lowest BCUT2D eigenvalue weighted by molar-refractivity contribution is 0.178. The number of hydrogen-bond acceptors (Lipinski definition) is 6. The molecule has 1 atom stereocenters. The molecule has 0 amide bonds. The molecule has 7 heteroatoms. The summed E-state index contributed by atoms with van der Waals surface area (Å²) in [6, 6.07) is 1.77. The number of aliphatic hydroxyl groups is 1. The molecular formula is C11H15N5OS. The number of nitrogens with one attached hydrogen (secondary N) is 1. The SMILES string of the molecule is CSc1nccc(NC[C@@H](O)c2nccn2C)n1. The third-order valence-electron chi connectivity index (χ3n) is 2.45. The number of imidazole rings is 1. The van der Waals surface area contributed by atoms with Gasteiger partial charge in [0.05, 0.1) is 0 Å². The van der Waals surface area contributed by atoms with Crippen molar-refractivity contribution >= 4 is 17.6 Å². The summed E-state index contributed by atoms with van der Waals surface area (Å²) in [5.74, 6) is 1.32. The monoisotopic (exact) mass is 265 g/mol. The first-order valence-corrected chi connectivity index (χ1v) is 6.69. The summed E-state index contributed by atoms with van der Waals surface area (Å²) < 4.78 is 1.79. The van der Waals surface area contributed by atoms with Crippen molar-refractivity contribution in [2.45, 2.75) is 11.3 Å². The second-order valence-electron chi connectivity index (χ2n) is 3.72. The largest absolute Gasteiger partial charge is 0.383 e. The summed E-state index contributed by atoms with van der Waals surface area (Å²) in [5.41, 5.74) is 0. The number of aryl methyl sites for hydroxylation is 1. The predicted octanol–water partition coefficient (Wildman–Crippen LogP) is 1.08. The number of anilines is 1. The van der Waals surface area contributed by atoms with Crippen molar-refractivity contribution in [2.75, 3.05) is 18.1 Å². The van der Waals surface area contributed by atoms with Gasteiger partial charge in [-0.2, -0.15) is 0 Å². The van der Waals surface area contributed by atoms with E-state index in [4.69, 9.17) is 0 Å². The molecule has 0 spiro atoms. The minimum Gasteiger partial charge on any atom is -0.383 e. The normalized spacial score (nSPS) is 12.4. The maximum absolute atomic E-state index is 9.98. The van der Waals surface area contributed by atoms with Crippen LogP contribution in [-0.4, -0.2) is 37.4 Å². The van der Waals surface area contributed by atoms with Gasteiger partial charge in [0.25, 0.3) is 0 Å². The van der Waals surface area contributed by atoms with Gasteiger partial charge in [-0.15, -0.1) is 0 Å². The second-order valence-corrected chi connectivity index (χ2v) is 4.50. The van der Waals surface area contributed by atoms with Crippen LogP contribution >= 0.6 is 11.8 Å². The van der Waals surface area contributed by atoms with Crippen LogP contribution in [0.4, 0.5) is 5.82 Å². The zero-order chi connectivity index (χ0) is 13.0. The van der Waals surface area contributed by atoms with Crippen LogP contribution in [0.2, 0.25) is 0 Å². The fourth-order valence-corrected chi connectivity index (χ4v) is 1.88. The van der Waals surface area contributed by atoms with Crippen LogP contribution in [0.5, 0.6) is 0 Å². The van der Waals surface area contributed by atoms with Gasteiger partial charge in [-0.1, -0.05) is 11.8 Å². The first-order valence-electron chi connectivity index (χ1n) is 5.47. The van der Waals surface area contributed by atoms with Gasteiger partial charge in [0, 0.05) is 32.2 Å². The lowest BCUT2D eigenvalue weighted by Gasteiger charge is -2.12. The second kappa shape index (κ2) is 5.83. The molecule has 0 saturated heterocycles. The molecule has 0 fully saturated rings. The highest BCUT2D eigenvalue weighted by atomic mass is 32.2. The molecule has 0 aliphatic heterocycles. The standard InChI is InChI=1S/C11H15N5OS/c1-16-6-5-12-10(16)8(17)7-14-9-3-4-13-11(15-9)18-2/h3-6,8,17H,7H2,1-2H3,(H,13,14,15)/t8-/m1/s1. The van der Waals surface area contributed by atoms with E-state index in [2.05, 4.69) is 20.3 Å². The van der Waals surface area contributed by atoms with Crippen molar-refractivity contribution in [3.05, 3.63) is 30.5 Å². The van der Waals surface area contributed by atoms with Crippen LogP contribution in [0, 0.1) is 0 Å². The summed E-state index contributed by atoms with van der Waals surface area (Å²) in [7, 11) is 1.85. The molecule has 6 nitrogen and oxygen atoms in total. The molecular weight excluding hydrogens is 250 g/mol. The molecule has 2 aromatic heterocycles. The fraction of sp³-hybridized carbons (Fsp3) is 0.364. The van der Waals surface area contributed by atoms with E-state index in [1.165, 1.54) is 11.8 Å². The van der Waals surface area contributed by atoms with Gasteiger partial charge in [-0.05, 0) is 12.3 Å². The smallest absolute Gasteiger partial charge is 0.189 e. The van der Waals surface area contributed by atoms with E-state index in [0.717, 1.165) is 0 Å². The van der Waals surface area contributed by atoms with Crippen molar-refractivity contribution in [2.24, 2.45) is 7.05 Å². The number of thioether (sulfide) groups is 1. The van der Waals surface area contributed by atoms with Crippen LogP contribution in [-0.2, 0) is 7.05 Å². The van der Waals surface area contributed by atoms with Gasteiger partial charge in [-0.3, -0.25) is 0 Å². The maximum atomic E-state index is 9.98. The van der Waals surface area contributed by atoms with E-state index in [9.17, 15) is 5.11 Å². The van der Waals surface area contributed by atoms with Gasteiger partial charge >= 0.3 is 0 Å². The molecule has 0 bridgehead atoms. The Hall–Kier alpha value is -1.60. The van der Waals surface area contributed by atoms with Gasteiger partial charge in [0.15, 0.2) is 5.16 Å². The minimum absolute atomic E-state index is 0.357. The van der Waals surface area contributed by atoms with Gasteiger partial charge in [0.2, 0.25) is 0 Å². The van der Waals surface area contributed by atoms with Crippen LogP contribution < -0.4 is 5.32 Å². The maximum Gasteiger partial charge on any atom is 0.189 e. The molecule has 2 aromatic rings. The average Bonchev–Trinajstić information content (AvgIpc) is 2.82. The number of aromatic nitrogens is 4. The highest BCUT2D eigenvalue weighted by Crippen LogP contribution is 2.13. The topological polar surface area (TPSA) is 75.9 Å². The minimum atomic E-state index is -0.669. The Balaban J connectivity index is 1.97. The van der Waals surface area contributed by atoms with Crippen LogP contribution in [0.25, 0.3) is 0 Å². The Kier molecular flexibility index (Phi) is 4.16. The molecule has 2 heterocycles. The lowest BCUT2D eigenvalue weighted by atomic mass is 10.3. The highest BCUT2D eigenvalue weighted by molar-refractivity contribution is 7.98. The van der Waals surface area contributed by atoms with E-state index in [-0.39, 0.29) is 0 Å². The third-order valence-corrected chi connectivity index (χ3v) is 3.01. The molecule has 0 saturated carbocycles. The Morgan fingerprint density at radius 2 is 2.28 bits per heavy atom. The van der Waals surface area contributed by atoms with E-state index in [0.29, 0.717) is 23.3 Å². The number of hydrogen-bond donors (Lipinski definition) is 2. The Labute approximate surface area is 109 Å². The van der Waals surface area contributed by atoms with Crippen molar-refractivity contribution in [3.8, 4) is 0 Å². The molecule has 96 valence electrons. The molecule has 0 radical (unpaired) electrons. The zero-order valence-corrected chi connectivity index (χ0v) is 11.1. The first-order chi connectivity index (χ1) is 8.70. The number of rotatable bonds is 5. The molecule has 0 aliphatic rings. The van der Waals surface area contributed by atoms with Crippen LogP contribution in [0.1, 0.15) is 11.9 Å². The summed E-state index contributed by atoms with van der Waals surface area (Å²) >= 11 is 1.48. The summed E-state index contributed by atoms with van der Waals surface area (Å²) in [4.78, 5) is 12.4. The quantitative estimate of drug-likeness (QED) is 0.622. The number of aliphatic hydroxyl groups excluding tert-OH is 1. The molecule has 2 N–H and O–H groups in total. The van der Waals surface area contributed by atoms with E-state index >= 15 is 0 Å². The highest BCUT2D eigenvalue weighted by Gasteiger charge is 2.12. The van der Waals surface area contributed by atoms with Crippen LogP contribution in [0.3, 0.4) is 0 Å². The molecule has 0 aromatic carbocycles. The Morgan fingerprint density at radius 3 is 2.94 bits per heavy atom. The molecule has 2 rings (SSSR count). The van der Waals surface area contributed by atoms with Crippen molar-refractivity contribution < 1.29 is 5.11 Å². The van der Waals surface area contributed by atoms with E-state index < -0.39 is 6.10 Å². The molecule has 18 heavy (non-hydrogen) atoms. The number of nitrogens with zero attached hydrogens (tertiary/aromatic N) is 4. The Morgan fingerprint density at radius 1 is 1.44 bits per heavy atom. The van der Waals surface area contributed by atoms with Gasteiger partial charge in [-0.25, -0.2) is 15.0 Å². The summed E-state index contributed by atoms with van der Waals surface area (Å²) in [6.45, 7) is 0.357. The van der Waals surface area contributed by atoms with Crippen molar-refractivity contribution in [1.29, 1.82) is 0 Å². The van der Waals surface area contributed by atoms with Gasteiger partial charge in [0.1, 0.15) is 17.7 Å². The van der Waals surface area contributed by atoms with Crippen LogP contribution in [0.15, 0.2) is 29.8 Å². The lowest BCUT2D eigenvalue weighted by Crippen LogP contribution is -2.16. The van der Waals surface area contributed by atoms with E-state index in [1.807, 2.05) is 13.3 Å². The van der Waals surface area contributed by atoms with Crippen molar-refractivity contribution in [3.63, 3.8) is 0 Å². The zero-order valence-electron chi connectivity index (χ0n) is 10.2. The Bertz CT molecular complexity index is 516.